The molecule has 1 aromatic carbocycles. The highest BCUT2D eigenvalue weighted by atomic mass is 32.2. The number of benzene rings is 1. The van der Waals surface area contributed by atoms with Crippen LogP contribution in [0.2, 0.25) is 0 Å². The van der Waals surface area contributed by atoms with Crippen LogP contribution in [0, 0.1) is 17.7 Å². The van der Waals surface area contributed by atoms with Crippen LogP contribution in [0.5, 0.6) is 0 Å². The summed E-state index contributed by atoms with van der Waals surface area (Å²) in [4.78, 5) is 11.8. The number of carbonyl (C=O) groups is 1. The molecule has 108 valence electrons. The first-order valence-electron chi connectivity index (χ1n) is 6.11. The zero-order valence-electron chi connectivity index (χ0n) is 11.1. The maximum Gasteiger partial charge on any atom is 0.254 e. The van der Waals surface area contributed by atoms with Crippen LogP contribution in [-0.4, -0.2) is 39.9 Å². The van der Waals surface area contributed by atoms with Crippen LogP contribution in [0.4, 0.5) is 4.39 Å². The van der Waals surface area contributed by atoms with Gasteiger partial charge in [0.1, 0.15) is 12.4 Å². The summed E-state index contributed by atoms with van der Waals surface area (Å²) < 4.78 is 24.8. The van der Waals surface area contributed by atoms with Gasteiger partial charge in [-0.3, -0.25) is 9.00 Å². The molecule has 1 atom stereocenters. The van der Waals surface area contributed by atoms with E-state index in [1.807, 2.05) is 0 Å². The first kappa shape index (κ1) is 16.3. The highest BCUT2D eigenvalue weighted by molar-refractivity contribution is 7.84. The van der Waals surface area contributed by atoms with Gasteiger partial charge < -0.3 is 10.4 Å². The molecule has 0 fully saturated rings. The van der Waals surface area contributed by atoms with E-state index in [0.29, 0.717) is 17.1 Å². The van der Waals surface area contributed by atoms with E-state index in [4.69, 9.17) is 5.11 Å². The van der Waals surface area contributed by atoms with Gasteiger partial charge in [-0.15, -0.1) is 0 Å². The molecule has 4 nitrogen and oxygen atoms in total. The molecule has 0 aliphatic rings. The maximum absolute atomic E-state index is 13.6. The Morgan fingerprint density at radius 3 is 2.90 bits per heavy atom. The molecule has 1 unspecified atom stereocenters. The molecule has 0 bridgehead atoms. The van der Waals surface area contributed by atoms with Crippen LogP contribution in [0.1, 0.15) is 22.8 Å². The number of amides is 1. The van der Waals surface area contributed by atoms with Gasteiger partial charge in [0.2, 0.25) is 0 Å². The molecule has 0 saturated heterocycles. The van der Waals surface area contributed by atoms with E-state index in [1.165, 1.54) is 12.1 Å². The third-order valence-corrected chi connectivity index (χ3v) is 3.76. The highest BCUT2D eigenvalue weighted by Gasteiger charge is 2.12. The van der Waals surface area contributed by atoms with Crippen LogP contribution < -0.4 is 5.32 Å². The summed E-state index contributed by atoms with van der Waals surface area (Å²) in [6, 6.07) is 3.91. The van der Waals surface area contributed by atoms with Gasteiger partial charge >= 0.3 is 0 Å². The molecule has 6 heteroatoms. The van der Waals surface area contributed by atoms with Crippen molar-refractivity contribution < 1.29 is 18.5 Å². The Hall–Kier alpha value is -1.71. The number of halogens is 1. The van der Waals surface area contributed by atoms with Crippen LogP contribution in [-0.2, 0) is 10.8 Å². The molecular formula is C14H16FNO3S. The standard InChI is InChI=1S/C14H16FNO3S/c1-2-20(19)9-7-16-14(18)12-10-11(4-3-8-17)5-6-13(12)15/h5-6,10,17H,2,7-9H2,1H3,(H,16,18). The average Bonchev–Trinajstić information content (AvgIpc) is 2.45. The van der Waals surface area contributed by atoms with Crippen molar-refractivity contribution in [3.63, 3.8) is 0 Å². The monoisotopic (exact) mass is 297 g/mol. The van der Waals surface area contributed by atoms with Crippen LogP contribution in [0.3, 0.4) is 0 Å². The smallest absolute Gasteiger partial charge is 0.254 e. The van der Waals surface area contributed by atoms with E-state index in [0.717, 1.165) is 6.07 Å². The fraction of sp³-hybridized carbons (Fsp3) is 0.357. The number of hydrogen-bond donors (Lipinski definition) is 2. The number of hydrogen-bond acceptors (Lipinski definition) is 3. The van der Waals surface area contributed by atoms with E-state index >= 15 is 0 Å². The number of aliphatic hydroxyl groups is 1. The SMILES string of the molecule is CCS(=O)CCNC(=O)c1cc(C#CCO)ccc1F. The quantitative estimate of drug-likeness (QED) is 0.785. The zero-order chi connectivity index (χ0) is 15.0. The lowest BCUT2D eigenvalue weighted by Crippen LogP contribution is -2.28. The second-order valence-corrected chi connectivity index (χ2v) is 5.71. The van der Waals surface area contributed by atoms with Crippen LogP contribution >= 0.6 is 0 Å². The summed E-state index contributed by atoms with van der Waals surface area (Å²) in [5.41, 5.74) is 0.333. The second kappa shape index (κ2) is 8.46. The molecule has 0 spiro atoms. The molecule has 0 aliphatic carbocycles. The van der Waals surface area contributed by atoms with Gasteiger partial charge in [-0.25, -0.2) is 4.39 Å². The normalized spacial score (nSPS) is 11.3. The maximum atomic E-state index is 13.6. The summed E-state index contributed by atoms with van der Waals surface area (Å²) in [6.45, 7) is 1.72. The average molecular weight is 297 g/mol. The first-order chi connectivity index (χ1) is 9.58. The van der Waals surface area contributed by atoms with Crippen molar-refractivity contribution in [2.75, 3.05) is 24.7 Å². The third kappa shape index (κ3) is 5.11. The van der Waals surface area contributed by atoms with Crippen molar-refractivity contribution in [1.82, 2.24) is 5.32 Å². The topological polar surface area (TPSA) is 66.4 Å². The summed E-state index contributed by atoms with van der Waals surface area (Å²) in [6.07, 6.45) is 0. The molecule has 0 heterocycles. The fourth-order valence-corrected chi connectivity index (χ4v) is 2.05. The highest BCUT2D eigenvalue weighted by Crippen LogP contribution is 2.10. The zero-order valence-corrected chi connectivity index (χ0v) is 11.9. The summed E-state index contributed by atoms with van der Waals surface area (Å²) >= 11 is 0. The second-order valence-electron chi connectivity index (χ2n) is 3.84. The summed E-state index contributed by atoms with van der Waals surface area (Å²) in [5.74, 6) is 4.69. The Morgan fingerprint density at radius 1 is 1.50 bits per heavy atom. The molecule has 0 radical (unpaired) electrons. The predicted molar refractivity (Wildman–Crippen MR) is 76.2 cm³/mol. The Morgan fingerprint density at radius 2 is 2.25 bits per heavy atom. The minimum Gasteiger partial charge on any atom is -0.384 e. The molecule has 1 amide bonds. The predicted octanol–water partition coefficient (Wildman–Crippen LogP) is 0.668. The van der Waals surface area contributed by atoms with Gasteiger partial charge in [-0.2, -0.15) is 0 Å². The summed E-state index contributed by atoms with van der Waals surface area (Å²) in [5, 5.41) is 11.1. The largest absolute Gasteiger partial charge is 0.384 e. The Kier molecular flexibility index (Phi) is 6.91. The van der Waals surface area contributed by atoms with E-state index in [9.17, 15) is 13.4 Å². The summed E-state index contributed by atoms with van der Waals surface area (Å²) in [7, 11) is -0.972. The Bertz CT molecular complexity index is 563. The lowest BCUT2D eigenvalue weighted by Gasteiger charge is -2.06. The van der Waals surface area contributed by atoms with Crippen molar-refractivity contribution >= 4 is 16.7 Å². The van der Waals surface area contributed by atoms with Crippen molar-refractivity contribution in [2.24, 2.45) is 0 Å². The molecule has 0 aliphatic heterocycles. The van der Waals surface area contributed by atoms with E-state index in [2.05, 4.69) is 17.2 Å². The number of aliphatic hydroxyl groups excluding tert-OH is 1. The molecule has 1 aromatic rings. The van der Waals surface area contributed by atoms with Crippen molar-refractivity contribution in [1.29, 1.82) is 0 Å². The van der Waals surface area contributed by atoms with Gasteiger partial charge in [0.25, 0.3) is 5.91 Å². The molecule has 0 saturated carbocycles. The lowest BCUT2D eigenvalue weighted by atomic mass is 10.1. The van der Waals surface area contributed by atoms with Crippen LogP contribution in [0.15, 0.2) is 18.2 Å². The van der Waals surface area contributed by atoms with Gasteiger partial charge in [-0.05, 0) is 18.2 Å². The van der Waals surface area contributed by atoms with Gasteiger partial charge in [0.05, 0.1) is 5.56 Å². The van der Waals surface area contributed by atoms with Gasteiger partial charge in [0.15, 0.2) is 0 Å². The Balaban J connectivity index is 2.74. The van der Waals surface area contributed by atoms with Crippen molar-refractivity contribution in [2.45, 2.75) is 6.92 Å². The van der Waals surface area contributed by atoms with Crippen LogP contribution in [0.25, 0.3) is 0 Å². The third-order valence-electron chi connectivity index (χ3n) is 2.46. The molecule has 2 N–H and O–H groups in total. The number of nitrogens with one attached hydrogen (secondary N) is 1. The minimum absolute atomic E-state index is 0.114. The molecule has 1 rings (SSSR count). The van der Waals surface area contributed by atoms with E-state index in [1.54, 1.807) is 6.92 Å². The van der Waals surface area contributed by atoms with E-state index < -0.39 is 22.5 Å². The minimum atomic E-state index is -0.972. The van der Waals surface area contributed by atoms with Gasteiger partial charge in [-0.1, -0.05) is 18.8 Å². The number of carbonyl (C=O) groups excluding carboxylic acids is 1. The van der Waals surface area contributed by atoms with Gasteiger partial charge in [0, 0.05) is 34.4 Å². The van der Waals surface area contributed by atoms with Crippen molar-refractivity contribution in [3.8, 4) is 11.8 Å². The number of rotatable bonds is 5. The van der Waals surface area contributed by atoms with Crippen molar-refractivity contribution in [3.05, 3.63) is 35.1 Å². The fourth-order valence-electron chi connectivity index (χ4n) is 1.44. The lowest BCUT2D eigenvalue weighted by molar-refractivity contribution is 0.0952. The Labute approximate surface area is 119 Å². The molecule has 20 heavy (non-hydrogen) atoms. The molecular weight excluding hydrogens is 281 g/mol. The first-order valence-corrected chi connectivity index (χ1v) is 7.59. The van der Waals surface area contributed by atoms with E-state index in [-0.39, 0.29) is 18.7 Å². The molecule has 0 aromatic heterocycles.